The molecule has 2 N–H and O–H groups in total. The highest BCUT2D eigenvalue weighted by molar-refractivity contribution is 6.10. The van der Waals surface area contributed by atoms with Gasteiger partial charge in [0.25, 0.3) is 5.91 Å². The fraction of sp³-hybridized carbons (Fsp3) is 0.348. The number of urea groups is 1. The van der Waals surface area contributed by atoms with Crippen LogP contribution in [-0.2, 0) is 15.1 Å². The second-order valence-electron chi connectivity index (χ2n) is 8.13. The average Bonchev–Trinajstić information content (AvgIpc) is 2.97. The lowest BCUT2D eigenvalue weighted by Crippen LogP contribution is -2.42. The van der Waals surface area contributed by atoms with Gasteiger partial charge in [0.2, 0.25) is 5.91 Å². The maximum Gasteiger partial charge on any atom is 0.325 e. The molecule has 2 aromatic carbocycles. The molecule has 2 aliphatic heterocycles. The fourth-order valence-electron chi connectivity index (χ4n) is 3.69. The fourth-order valence-corrected chi connectivity index (χ4v) is 3.69. The number of hydrogen-bond acceptors (Lipinski definition) is 5. The highest BCUT2D eigenvalue weighted by Gasteiger charge is 2.49. The van der Waals surface area contributed by atoms with Gasteiger partial charge in [0.05, 0.1) is 0 Å². The Morgan fingerprint density at radius 3 is 2.45 bits per heavy atom. The highest BCUT2D eigenvalue weighted by atomic mass is 16.6. The quantitative estimate of drug-likeness (QED) is 0.721. The molecule has 31 heavy (non-hydrogen) atoms. The van der Waals surface area contributed by atoms with Gasteiger partial charge in [0.1, 0.15) is 25.3 Å². The summed E-state index contributed by atoms with van der Waals surface area (Å²) in [4.78, 5) is 39.1. The zero-order valence-corrected chi connectivity index (χ0v) is 17.7. The summed E-state index contributed by atoms with van der Waals surface area (Å²) in [7, 11) is 0. The average molecular weight is 423 g/mol. The molecule has 162 valence electrons. The van der Waals surface area contributed by atoms with E-state index in [1.165, 1.54) is 0 Å². The lowest BCUT2D eigenvalue weighted by Gasteiger charge is -2.25. The van der Waals surface area contributed by atoms with Crippen LogP contribution in [0, 0.1) is 0 Å². The Morgan fingerprint density at radius 2 is 1.77 bits per heavy atom. The van der Waals surface area contributed by atoms with Crippen LogP contribution in [0.15, 0.2) is 42.5 Å². The highest BCUT2D eigenvalue weighted by Crippen LogP contribution is 2.36. The van der Waals surface area contributed by atoms with Gasteiger partial charge in [-0.3, -0.25) is 14.5 Å². The van der Waals surface area contributed by atoms with E-state index in [1.807, 2.05) is 12.1 Å². The van der Waals surface area contributed by atoms with Crippen LogP contribution in [0.1, 0.15) is 37.8 Å². The molecule has 2 heterocycles. The predicted octanol–water partition coefficient (Wildman–Crippen LogP) is 2.99. The summed E-state index contributed by atoms with van der Waals surface area (Å²) < 4.78 is 11.1. The molecule has 0 aliphatic carbocycles. The lowest BCUT2D eigenvalue weighted by atomic mass is 9.91. The van der Waals surface area contributed by atoms with Crippen LogP contribution in [0.4, 0.5) is 10.5 Å². The molecule has 2 aliphatic rings. The smallest absolute Gasteiger partial charge is 0.325 e. The van der Waals surface area contributed by atoms with Crippen molar-refractivity contribution in [3.05, 3.63) is 53.6 Å². The van der Waals surface area contributed by atoms with Crippen LogP contribution in [0.2, 0.25) is 0 Å². The number of nitrogens with one attached hydrogen (secondary N) is 2. The van der Waals surface area contributed by atoms with Crippen molar-refractivity contribution in [1.82, 2.24) is 10.2 Å². The summed E-state index contributed by atoms with van der Waals surface area (Å²) in [5.41, 5.74) is 1.02. The normalized spacial score (nSPS) is 20.1. The number of nitrogens with zero attached hydrogens (tertiary/aromatic N) is 1. The van der Waals surface area contributed by atoms with Gasteiger partial charge in [-0.15, -0.1) is 0 Å². The molecule has 0 spiro atoms. The topological polar surface area (TPSA) is 97.0 Å². The Hall–Kier alpha value is -3.55. The van der Waals surface area contributed by atoms with E-state index in [1.54, 1.807) is 37.3 Å². The van der Waals surface area contributed by atoms with E-state index in [-0.39, 0.29) is 6.54 Å². The van der Waals surface area contributed by atoms with E-state index in [9.17, 15) is 14.4 Å². The molecule has 1 fully saturated rings. The zero-order valence-electron chi connectivity index (χ0n) is 17.7. The largest absolute Gasteiger partial charge is 0.486 e. The number of carbonyl (C=O) groups excluding carboxylic acids is 3. The first-order valence-electron chi connectivity index (χ1n) is 10.2. The Bertz CT molecular complexity index is 1030. The molecular weight excluding hydrogens is 398 g/mol. The van der Waals surface area contributed by atoms with Gasteiger partial charge < -0.3 is 20.1 Å². The van der Waals surface area contributed by atoms with Gasteiger partial charge in [-0.05, 0) is 48.2 Å². The Labute approximate surface area is 180 Å². The molecule has 0 bridgehead atoms. The Balaban J connectivity index is 1.47. The maximum atomic E-state index is 13.1. The van der Waals surface area contributed by atoms with Crippen molar-refractivity contribution in [3.8, 4) is 11.5 Å². The number of anilines is 1. The van der Waals surface area contributed by atoms with Crippen LogP contribution in [0.3, 0.4) is 0 Å². The first-order valence-corrected chi connectivity index (χ1v) is 10.2. The van der Waals surface area contributed by atoms with E-state index in [4.69, 9.17) is 9.47 Å². The van der Waals surface area contributed by atoms with Gasteiger partial charge in [0.15, 0.2) is 11.5 Å². The van der Waals surface area contributed by atoms with Gasteiger partial charge in [-0.1, -0.05) is 32.0 Å². The van der Waals surface area contributed by atoms with E-state index in [2.05, 4.69) is 24.5 Å². The number of imide groups is 1. The van der Waals surface area contributed by atoms with Gasteiger partial charge in [0, 0.05) is 5.69 Å². The second-order valence-corrected chi connectivity index (χ2v) is 8.13. The van der Waals surface area contributed by atoms with Crippen molar-refractivity contribution in [3.63, 3.8) is 0 Å². The third kappa shape index (κ3) is 3.93. The van der Waals surface area contributed by atoms with E-state index >= 15 is 0 Å². The van der Waals surface area contributed by atoms with Gasteiger partial charge >= 0.3 is 6.03 Å². The molecule has 8 heteroatoms. The number of carbonyl (C=O) groups is 3. The monoisotopic (exact) mass is 423 g/mol. The van der Waals surface area contributed by atoms with Crippen LogP contribution >= 0.6 is 0 Å². The Morgan fingerprint density at radius 1 is 1.10 bits per heavy atom. The predicted molar refractivity (Wildman–Crippen MR) is 114 cm³/mol. The Kier molecular flexibility index (Phi) is 5.31. The number of amides is 4. The first kappa shape index (κ1) is 20.7. The van der Waals surface area contributed by atoms with Crippen molar-refractivity contribution in [1.29, 1.82) is 0 Å². The van der Waals surface area contributed by atoms with Crippen molar-refractivity contribution < 1.29 is 23.9 Å². The lowest BCUT2D eigenvalue weighted by molar-refractivity contribution is -0.133. The number of benzene rings is 2. The third-order valence-electron chi connectivity index (χ3n) is 5.56. The molecule has 4 amide bonds. The minimum Gasteiger partial charge on any atom is -0.486 e. The van der Waals surface area contributed by atoms with E-state index < -0.39 is 23.4 Å². The third-order valence-corrected chi connectivity index (χ3v) is 5.56. The molecule has 0 saturated carbocycles. The molecule has 8 nitrogen and oxygen atoms in total. The molecule has 1 unspecified atom stereocenters. The maximum absolute atomic E-state index is 13.1. The minimum absolute atomic E-state index is 0.378. The molecule has 1 saturated heterocycles. The number of rotatable bonds is 5. The zero-order chi connectivity index (χ0) is 22.2. The number of ether oxygens (including phenoxy) is 2. The molecule has 1 atom stereocenters. The van der Waals surface area contributed by atoms with Crippen molar-refractivity contribution in [2.45, 2.75) is 32.2 Å². The first-order chi connectivity index (χ1) is 14.8. The molecule has 0 radical (unpaired) electrons. The number of hydrogen-bond donors (Lipinski definition) is 2. The molecule has 4 rings (SSSR count). The second kappa shape index (κ2) is 7.94. The summed E-state index contributed by atoms with van der Waals surface area (Å²) in [5, 5.41) is 5.44. The minimum atomic E-state index is -1.30. The SMILES string of the molecule is CC(C)c1ccc(NC(=O)CN2C(=O)NC(C)(c3ccc4c(c3)OCCO4)C2=O)cc1. The van der Waals surface area contributed by atoms with Crippen molar-refractivity contribution in [2.24, 2.45) is 0 Å². The van der Waals surface area contributed by atoms with Crippen LogP contribution in [0.5, 0.6) is 11.5 Å². The summed E-state index contributed by atoms with van der Waals surface area (Å²) in [5.74, 6) is 0.545. The van der Waals surface area contributed by atoms with Gasteiger partial charge in [-0.2, -0.15) is 0 Å². The summed E-state index contributed by atoms with van der Waals surface area (Å²) in [6, 6.07) is 12.0. The van der Waals surface area contributed by atoms with Crippen LogP contribution in [0.25, 0.3) is 0 Å². The van der Waals surface area contributed by atoms with Crippen molar-refractivity contribution in [2.75, 3.05) is 25.1 Å². The molecular formula is C23H25N3O5. The number of fused-ring (bicyclic) bond motifs is 1. The molecule has 2 aromatic rings. The van der Waals surface area contributed by atoms with E-state index in [0.717, 1.165) is 10.5 Å². The summed E-state index contributed by atoms with van der Waals surface area (Å²) >= 11 is 0. The summed E-state index contributed by atoms with van der Waals surface area (Å²) in [6.45, 7) is 6.28. The van der Waals surface area contributed by atoms with Crippen LogP contribution < -0.4 is 20.1 Å². The molecule has 0 aromatic heterocycles. The van der Waals surface area contributed by atoms with E-state index in [0.29, 0.717) is 41.9 Å². The van der Waals surface area contributed by atoms with Crippen molar-refractivity contribution >= 4 is 23.5 Å². The van der Waals surface area contributed by atoms with Crippen LogP contribution in [-0.4, -0.2) is 42.5 Å². The standard InChI is InChI=1S/C23H25N3O5/c1-14(2)15-4-7-17(8-5-15)24-20(27)13-26-21(28)23(3,25-22(26)29)16-6-9-18-19(12-16)31-11-10-30-18/h4-9,12,14H,10-11,13H2,1-3H3,(H,24,27)(H,25,29). The summed E-state index contributed by atoms with van der Waals surface area (Å²) in [6.07, 6.45) is 0. The van der Waals surface area contributed by atoms with Gasteiger partial charge in [-0.25, -0.2) is 4.79 Å².